The second-order valence-corrected chi connectivity index (χ2v) is 3.25. The van der Waals surface area contributed by atoms with Crippen molar-refractivity contribution < 1.29 is 4.79 Å². The van der Waals surface area contributed by atoms with Gasteiger partial charge in [0.1, 0.15) is 0 Å². The van der Waals surface area contributed by atoms with Gasteiger partial charge in [-0.3, -0.25) is 4.79 Å². The molecule has 0 bridgehead atoms. The van der Waals surface area contributed by atoms with Crippen molar-refractivity contribution in [3.63, 3.8) is 0 Å². The van der Waals surface area contributed by atoms with Gasteiger partial charge in [0.05, 0.1) is 0 Å². The van der Waals surface area contributed by atoms with Gasteiger partial charge in [-0.25, -0.2) is 5.43 Å². The summed E-state index contributed by atoms with van der Waals surface area (Å²) in [6.45, 7) is 1.46. The van der Waals surface area contributed by atoms with Crippen LogP contribution in [0.1, 0.15) is 13.3 Å². The minimum Gasteiger partial charge on any atom is -0.274 e. The van der Waals surface area contributed by atoms with E-state index in [1.807, 2.05) is 11.8 Å². The molecule has 1 amide bonds. The van der Waals surface area contributed by atoms with Crippen LogP contribution in [-0.2, 0) is 4.79 Å². The molecule has 1 fully saturated rings. The van der Waals surface area contributed by atoms with Gasteiger partial charge in [-0.1, -0.05) is 0 Å². The van der Waals surface area contributed by atoms with Crippen molar-refractivity contribution in [2.24, 2.45) is 5.10 Å². The maximum Gasteiger partial charge on any atom is 0.236 e. The average Bonchev–Trinajstić information content (AvgIpc) is 2.34. The number of nitrogens with one attached hydrogen (secondary N) is 1. The number of nitrogens with zero attached hydrogens (tertiary/aromatic N) is 1. The minimum atomic E-state index is -0.0931. The molecule has 0 aromatic carbocycles. The zero-order valence-electron chi connectivity index (χ0n) is 5.89. The van der Waals surface area contributed by atoms with Crippen molar-refractivity contribution >= 4 is 23.4 Å². The standard InChI is InChI=1S/C6H10N2OS/c1-5(9)7-8-6-2-3-10-4-6/h2-4H2,1H3,(H,7,9)/b8-6-. The first-order valence-corrected chi connectivity index (χ1v) is 4.34. The molecule has 1 rings (SSSR count). The smallest absolute Gasteiger partial charge is 0.236 e. The molecule has 1 aliphatic heterocycles. The van der Waals surface area contributed by atoms with Gasteiger partial charge >= 0.3 is 0 Å². The lowest BCUT2D eigenvalue weighted by atomic mass is 10.3. The van der Waals surface area contributed by atoms with Gasteiger partial charge < -0.3 is 0 Å². The van der Waals surface area contributed by atoms with Crippen LogP contribution in [0, 0.1) is 0 Å². The van der Waals surface area contributed by atoms with Crippen LogP contribution in [0.3, 0.4) is 0 Å². The molecule has 0 aromatic heterocycles. The lowest BCUT2D eigenvalue weighted by Gasteiger charge is -1.93. The molecule has 1 aliphatic rings. The van der Waals surface area contributed by atoms with Crippen LogP contribution in [0.5, 0.6) is 0 Å². The highest BCUT2D eigenvalue weighted by molar-refractivity contribution is 8.00. The SMILES string of the molecule is CC(=O)N/N=C1/CCSC1. The average molecular weight is 158 g/mol. The van der Waals surface area contributed by atoms with Crippen LogP contribution in [0.2, 0.25) is 0 Å². The summed E-state index contributed by atoms with van der Waals surface area (Å²) in [5, 5.41) is 3.92. The van der Waals surface area contributed by atoms with E-state index in [-0.39, 0.29) is 5.91 Å². The third kappa shape index (κ3) is 2.39. The number of amides is 1. The van der Waals surface area contributed by atoms with Crippen LogP contribution in [-0.4, -0.2) is 23.1 Å². The van der Waals surface area contributed by atoms with E-state index in [1.165, 1.54) is 6.92 Å². The molecule has 56 valence electrons. The first-order valence-electron chi connectivity index (χ1n) is 3.19. The number of hydrogen-bond acceptors (Lipinski definition) is 3. The lowest BCUT2D eigenvalue weighted by Crippen LogP contribution is -2.15. The Kier molecular flexibility index (Phi) is 2.74. The van der Waals surface area contributed by atoms with Gasteiger partial charge in [0.15, 0.2) is 0 Å². The fourth-order valence-corrected chi connectivity index (χ4v) is 1.67. The molecule has 1 heterocycles. The van der Waals surface area contributed by atoms with Crippen molar-refractivity contribution in [3.8, 4) is 0 Å². The van der Waals surface area contributed by atoms with E-state index in [1.54, 1.807) is 0 Å². The van der Waals surface area contributed by atoms with Gasteiger partial charge in [-0.2, -0.15) is 16.9 Å². The van der Waals surface area contributed by atoms with Gasteiger partial charge in [-0.05, 0) is 12.2 Å². The fourth-order valence-electron chi connectivity index (χ4n) is 0.698. The summed E-state index contributed by atoms with van der Waals surface area (Å²) in [7, 11) is 0. The van der Waals surface area contributed by atoms with E-state index in [4.69, 9.17) is 0 Å². The monoisotopic (exact) mass is 158 g/mol. The number of carbonyl (C=O) groups excluding carboxylic acids is 1. The second kappa shape index (κ2) is 3.61. The third-order valence-electron chi connectivity index (χ3n) is 1.18. The summed E-state index contributed by atoms with van der Waals surface area (Å²) in [6.07, 6.45) is 1.02. The van der Waals surface area contributed by atoms with Crippen molar-refractivity contribution in [1.29, 1.82) is 0 Å². The number of thioether (sulfide) groups is 1. The van der Waals surface area contributed by atoms with Crippen LogP contribution >= 0.6 is 11.8 Å². The molecule has 0 aromatic rings. The molecule has 0 unspecified atom stereocenters. The minimum absolute atomic E-state index is 0.0931. The van der Waals surface area contributed by atoms with Crippen molar-refractivity contribution in [3.05, 3.63) is 0 Å². The van der Waals surface area contributed by atoms with E-state index >= 15 is 0 Å². The third-order valence-corrected chi connectivity index (χ3v) is 2.21. The quantitative estimate of drug-likeness (QED) is 0.568. The summed E-state index contributed by atoms with van der Waals surface area (Å²) in [5.74, 6) is 2.02. The summed E-state index contributed by atoms with van der Waals surface area (Å²) in [5.41, 5.74) is 3.52. The zero-order chi connectivity index (χ0) is 7.40. The Bertz CT molecular complexity index is 159. The first-order chi connectivity index (χ1) is 4.79. The molecule has 0 spiro atoms. The summed E-state index contributed by atoms with van der Waals surface area (Å²) < 4.78 is 0. The summed E-state index contributed by atoms with van der Waals surface area (Å²) >= 11 is 1.85. The zero-order valence-corrected chi connectivity index (χ0v) is 6.70. The van der Waals surface area contributed by atoms with Crippen LogP contribution in [0.4, 0.5) is 0 Å². The van der Waals surface area contributed by atoms with E-state index in [0.29, 0.717) is 0 Å². The first kappa shape index (κ1) is 7.60. The van der Waals surface area contributed by atoms with Gasteiger partial charge in [0, 0.05) is 18.4 Å². The Hall–Kier alpha value is -0.510. The van der Waals surface area contributed by atoms with Crippen molar-refractivity contribution in [1.82, 2.24) is 5.43 Å². The van der Waals surface area contributed by atoms with Crippen LogP contribution < -0.4 is 5.43 Å². The number of hydrogen-bond donors (Lipinski definition) is 1. The molecule has 3 nitrogen and oxygen atoms in total. The Morgan fingerprint density at radius 2 is 2.60 bits per heavy atom. The summed E-state index contributed by atoms with van der Waals surface area (Å²) in [4.78, 5) is 10.4. The highest BCUT2D eigenvalue weighted by atomic mass is 32.2. The highest BCUT2D eigenvalue weighted by Gasteiger charge is 2.07. The molecular formula is C6H10N2OS. The predicted molar refractivity (Wildman–Crippen MR) is 43.2 cm³/mol. The molecule has 0 radical (unpaired) electrons. The van der Waals surface area contributed by atoms with Crippen molar-refractivity contribution in [2.75, 3.05) is 11.5 Å². The van der Waals surface area contributed by atoms with Crippen LogP contribution in [0.25, 0.3) is 0 Å². The number of hydrazone groups is 1. The Morgan fingerprint density at radius 1 is 1.80 bits per heavy atom. The molecule has 1 N–H and O–H groups in total. The lowest BCUT2D eigenvalue weighted by molar-refractivity contribution is -0.118. The highest BCUT2D eigenvalue weighted by Crippen LogP contribution is 2.13. The summed E-state index contributed by atoms with van der Waals surface area (Å²) in [6, 6.07) is 0. The van der Waals surface area contributed by atoms with Gasteiger partial charge in [0.25, 0.3) is 0 Å². The molecule has 0 atom stereocenters. The Morgan fingerprint density at radius 3 is 3.10 bits per heavy atom. The number of rotatable bonds is 1. The van der Waals surface area contributed by atoms with E-state index in [2.05, 4.69) is 10.5 Å². The maximum absolute atomic E-state index is 10.4. The molecule has 0 saturated carbocycles. The van der Waals surface area contributed by atoms with Gasteiger partial charge in [-0.15, -0.1) is 0 Å². The van der Waals surface area contributed by atoms with E-state index in [9.17, 15) is 4.79 Å². The normalized spacial score (nSPS) is 21.5. The topological polar surface area (TPSA) is 41.5 Å². The van der Waals surface area contributed by atoms with Crippen LogP contribution in [0.15, 0.2) is 5.10 Å². The maximum atomic E-state index is 10.4. The fraction of sp³-hybridized carbons (Fsp3) is 0.667. The van der Waals surface area contributed by atoms with E-state index in [0.717, 1.165) is 23.6 Å². The molecule has 10 heavy (non-hydrogen) atoms. The molecule has 1 saturated heterocycles. The Balaban J connectivity index is 2.31. The Labute approximate surface area is 64.3 Å². The second-order valence-electron chi connectivity index (χ2n) is 2.15. The number of carbonyl (C=O) groups is 1. The molecular weight excluding hydrogens is 148 g/mol. The van der Waals surface area contributed by atoms with Gasteiger partial charge in [0.2, 0.25) is 5.91 Å². The molecule has 4 heteroatoms. The largest absolute Gasteiger partial charge is 0.274 e. The van der Waals surface area contributed by atoms with Crippen molar-refractivity contribution in [2.45, 2.75) is 13.3 Å². The molecule has 0 aliphatic carbocycles. The van der Waals surface area contributed by atoms with E-state index < -0.39 is 0 Å². The predicted octanol–water partition coefficient (Wildman–Crippen LogP) is 0.615.